The fourth-order valence-electron chi connectivity index (χ4n) is 3.74. The van der Waals surface area contributed by atoms with Crippen molar-refractivity contribution >= 4 is 41.0 Å². The Morgan fingerprint density at radius 2 is 1.72 bits per heavy atom. The van der Waals surface area contributed by atoms with E-state index in [0.717, 1.165) is 11.1 Å². The minimum absolute atomic E-state index is 0.0484. The van der Waals surface area contributed by atoms with Crippen LogP contribution in [0.2, 0.25) is 10.0 Å². The van der Waals surface area contributed by atoms with Gasteiger partial charge in [0, 0.05) is 26.7 Å². The highest BCUT2D eigenvalue weighted by Crippen LogP contribution is 2.37. The van der Waals surface area contributed by atoms with Crippen LogP contribution in [0.25, 0.3) is 22.5 Å². The van der Waals surface area contributed by atoms with Gasteiger partial charge in [-0.25, -0.2) is 4.79 Å². The number of hydrogen-bond donors (Lipinski definition) is 2. The zero-order valence-electron chi connectivity index (χ0n) is 19.4. The Morgan fingerprint density at radius 1 is 1.03 bits per heavy atom. The van der Waals surface area contributed by atoms with E-state index in [1.807, 2.05) is 24.3 Å². The first-order valence-corrected chi connectivity index (χ1v) is 11.8. The predicted molar refractivity (Wildman–Crippen MR) is 138 cm³/mol. The van der Waals surface area contributed by atoms with E-state index in [1.165, 1.54) is 0 Å². The molecule has 1 amide bonds. The molecule has 2 N–H and O–H groups in total. The Hall–Kier alpha value is -3.81. The van der Waals surface area contributed by atoms with Gasteiger partial charge in [0.1, 0.15) is 17.5 Å². The Kier molecular flexibility index (Phi) is 7.62. The summed E-state index contributed by atoms with van der Waals surface area (Å²) in [5, 5.41) is 16.6. The van der Waals surface area contributed by atoms with Crippen LogP contribution >= 0.6 is 23.2 Å². The Bertz CT molecular complexity index is 1420. The minimum atomic E-state index is -0.890. The summed E-state index contributed by atoms with van der Waals surface area (Å²) in [6.07, 6.45) is -1.30. The summed E-state index contributed by atoms with van der Waals surface area (Å²) in [6, 6.07) is 19.6. The van der Waals surface area contributed by atoms with E-state index in [2.05, 4.69) is 10.5 Å². The number of anilines is 1. The first kappa shape index (κ1) is 25.3. The highest BCUT2D eigenvalue weighted by atomic mass is 35.5. The summed E-state index contributed by atoms with van der Waals surface area (Å²) < 4.78 is 11.0. The van der Waals surface area contributed by atoms with Crippen molar-refractivity contribution in [3.8, 4) is 22.5 Å². The summed E-state index contributed by atoms with van der Waals surface area (Å²) in [4.78, 5) is 23.5. The van der Waals surface area contributed by atoms with Crippen molar-refractivity contribution in [2.45, 2.75) is 26.4 Å². The maximum absolute atomic E-state index is 12.6. The highest BCUT2D eigenvalue weighted by Gasteiger charge is 2.21. The summed E-state index contributed by atoms with van der Waals surface area (Å²) in [7, 11) is 0. The summed E-state index contributed by atoms with van der Waals surface area (Å²) in [5.41, 5.74) is 4.44. The molecule has 0 aliphatic heterocycles. The Balaban J connectivity index is 1.53. The van der Waals surface area contributed by atoms with Crippen LogP contribution in [0.3, 0.4) is 0 Å². The van der Waals surface area contributed by atoms with Gasteiger partial charge in [-0.15, -0.1) is 0 Å². The van der Waals surface area contributed by atoms with E-state index in [9.17, 15) is 9.59 Å². The maximum Gasteiger partial charge on any atom is 0.412 e. The Labute approximate surface area is 217 Å². The predicted octanol–water partition coefficient (Wildman–Crippen LogP) is 7.56. The molecule has 0 saturated carbocycles. The number of ether oxygens (including phenoxy) is 1. The van der Waals surface area contributed by atoms with E-state index in [1.54, 1.807) is 56.3 Å². The number of amides is 1. The molecule has 1 heterocycles. The van der Waals surface area contributed by atoms with E-state index >= 15 is 0 Å². The fraction of sp³-hybridized carbons (Fsp3) is 0.148. The van der Waals surface area contributed by atoms with Gasteiger partial charge in [0.2, 0.25) is 0 Å². The number of halogens is 2. The van der Waals surface area contributed by atoms with Gasteiger partial charge in [0.25, 0.3) is 0 Å². The van der Waals surface area contributed by atoms with Crippen molar-refractivity contribution in [3.05, 3.63) is 93.6 Å². The largest absolute Gasteiger partial charge is 0.481 e. The average Bonchev–Trinajstić information content (AvgIpc) is 3.19. The summed E-state index contributed by atoms with van der Waals surface area (Å²) in [6.45, 7) is 3.43. The van der Waals surface area contributed by atoms with Crippen LogP contribution in [-0.4, -0.2) is 22.3 Å². The molecule has 0 fully saturated rings. The normalized spacial score (nSPS) is 11.7. The van der Waals surface area contributed by atoms with Gasteiger partial charge in [-0.1, -0.05) is 83.0 Å². The van der Waals surface area contributed by atoms with Gasteiger partial charge in [-0.2, -0.15) is 0 Å². The van der Waals surface area contributed by atoms with Crippen LogP contribution < -0.4 is 5.32 Å². The molecule has 1 unspecified atom stereocenters. The minimum Gasteiger partial charge on any atom is -0.481 e. The quantitative estimate of drug-likeness (QED) is 0.258. The molecule has 0 radical (unpaired) electrons. The zero-order valence-corrected chi connectivity index (χ0v) is 20.9. The molecule has 0 spiro atoms. The van der Waals surface area contributed by atoms with Crippen molar-refractivity contribution in [3.63, 3.8) is 0 Å². The first-order chi connectivity index (χ1) is 17.2. The standard InChI is InChI=1S/C27H22Cl2N2O5/c1-15-25(30-27(34)35-16(2)20-5-3-4-6-22(20)28)26(36-31-15)19-11-12-21(23(29)14-19)18-9-7-17(8-10-18)13-24(32)33/h3-12,14,16H,13H2,1-2H3,(H,30,34)(H,32,33). The SMILES string of the molecule is Cc1noc(-c2ccc(-c3ccc(CC(=O)O)cc3)c(Cl)c2)c1NC(=O)OC(C)c1ccccc1Cl. The topological polar surface area (TPSA) is 102 Å². The molecule has 0 aliphatic rings. The van der Waals surface area contributed by atoms with Gasteiger partial charge < -0.3 is 14.4 Å². The molecule has 0 saturated heterocycles. The van der Waals surface area contributed by atoms with Gasteiger partial charge in [0.15, 0.2) is 5.76 Å². The number of hydrogen-bond acceptors (Lipinski definition) is 5. The lowest BCUT2D eigenvalue weighted by Gasteiger charge is -2.15. The first-order valence-electron chi connectivity index (χ1n) is 11.0. The summed E-state index contributed by atoms with van der Waals surface area (Å²) in [5.74, 6) is -0.556. The van der Waals surface area contributed by atoms with Gasteiger partial charge in [-0.05, 0) is 37.1 Å². The van der Waals surface area contributed by atoms with Gasteiger partial charge in [-0.3, -0.25) is 10.1 Å². The molecule has 36 heavy (non-hydrogen) atoms. The number of carboxylic acid groups (broad SMARTS) is 1. The number of rotatable bonds is 7. The lowest BCUT2D eigenvalue weighted by Crippen LogP contribution is -2.17. The van der Waals surface area contributed by atoms with Crippen LogP contribution in [0.4, 0.5) is 10.5 Å². The number of nitrogens with one attached hydrogen (secondary N) is 1. The molecule has 9 heteroatoms. The molecule has 0 aliphatic carbocycles. The third-order valence-corrected chi connectivity index (χ3v) is 6.23. The molecule has 7 nitrogen and oxygen atoms in total. The van der Waals surface area contributed by atoms with E-state index < -0.39 is 18.2 Å². The molecule has 1 atom stereocenters. The fourth-order valence-corrected chi connectivity index (χ4v) is 4.32. The molecule has 4 rings (SSSR count). The van der Waals surface area contributed by atoms with Crippen LogP contribution in [0.5, 0.6) is 0 Å². The van der Waals surface area contributed by atoms with Crippen molar-refractivity contribution in [1.29, 1.82) is 0 Å². The van der Waals surface area contributed by atoms with Crippen LogP contribution in [0, 0.1) is 6.92 Å². The lowest BCUT2D eigenvalue weighted by molar-refractivity contribution is -0.136. The number of carbonyl (C=O) groups excluding carboxylic acids is 1. The number of aliphatic carboxylic acids is 1. The third kappa shape index (κ3) is 5.70. The molecular formula is C27H22Cl2N2O5. The zero-order chi connectivity index (χ0) is 25.8. The number of carboxylic acids is 1. The second-order valence-electron chi connectivity index (χ2n) is 8.13. The van der Waals surface area contributed by atoms with Gasteiger partial charge >= 0.3 is 12.1 Å². The second-order valence-corrected chi connectivity index (χ2v) is 8.94. The number of aryl methyl sites for hydroxylation is 1. The van der Waals surface area contributed by atoms with Crippen molar-refractivity contribution < 1.29 is 24.0 Å². The van der Waals surface area contributed by atoms with E-state index in [-0.39, 0.29) is 6.42 Å². The van der Waals surface area contributed by atoms with Crippen molar-refractivity contribution in [2.24, 2.45) is 0 Å². The molecule has 1 aromatic heterocycles. The molecule has 184 valence electrons. The Morgan fingerprint density at radius 3 is 2.39 bits per heavy atom. The number of benzene rings is 3. The number of nitrogens with zero attached hydrogens (tertiary/aromatic N) is 1. The van der Waals surface area contributed by atoms with Crippen LogP contribution in [0.15, 0.2) is 71.3 Å². The second kappa shape index (κ2) is 10.8. The average molecular weight is 525 g/mol. The maximum atomic E-state index is 12.6. The van der Waals surface area contributed by atoms with Crippen molar-refractivity contribution in [1.82, 2.24) is 5.16 Å². The molecule has 0 bridgehead atoms. The van der Waals surface area contributed by atoms with Crippen LogP contribution in [-0.2, 0) is 16.0 Å². The van der Waals surface area contributed by atoms with Gasteiger partial charge in [0.05, 0.1) is 6.42 Å². The number of carbonyl (C=O) groups is 2. The van der Waals surface area contributed by atoms with Crippen molar-refractivity contribution in [2.75, 3.05) is 5.32 Å². The summed E-state index contributed by atoms with van der Waals surface area (Å²) >= 11 is 12.8. The van der Waals surface area contributed by atoms with Crippen LogP contribution in [0.1, 0.15) is 29.8 Å². The van der Waals surface area contributed by atoms with E-state index in [0.29, 0.717) is 43.9 Å². The smallest absolute Gasteiger partial charge is 0.412 e. The third-order valence-electron chi connectivity index (χ3n) is 5.57. The lowest BCUT2D eigenvalue weighted by atomic mass is 10.0. The number of aromatic nitrogens is 1. The highest BCUT2D eigenvalue weighted by molar-refractivity contribution is 6.33. The molecule has 4 aromatic rings. The van der Waals surface area contributed by atoms with E-state index in [4.69, 9.17) is 37.6 Å². The monoisotopic (exact) mass is 524 g/mol. The molecule has 3 aromatic carbocycles. The molecular weight excluding hydrogens is 503 g/mol.